The molecule has 0 heterocycles. The number of aliphatic carboxylic acids is 1. The smallest absolute Gasteiger partial charge is 0.332 e. The van der Waals surface area contributed by atoms with Crippen molar-refractivity contribution in [3.63, 3.8) is 0 Å². The van der Waals surface area contributed by atoms with Crippen molar-refractivity contribution < 1.29 is 19.7 Å². The van der Waals surface area contributed by atoms with Crippen LogP contribution < -0.4 is 4.74 Å². The number of carboxylic acid groups (broad SMARTS) is 1. The average Bonchev–Trinajstić information content (AvgIpc) is 2.25. The molecule has 1 unspecified atom stereocenters. The molecule has 0 saturated heterocycles. The molecule has 0 aromatic heterocycles. The summed E-state index contributed by atoms with van der Waals surface area (Å²) in [6.07, 6.45) is -1.24. The minimum atomic E-state index is -1.36. The molecule has 0 amide bonds. The summed E-state index contributed by atoms with van der Waals surface area (Å²) < 4.78 is 5.15. The molecule has 0 radical (unpaired) electrons. The Morgan fingerprint density at radius 2 is 2.00 bits per heavy atom. The summed E-state index contributed by atoms with van der Waals surface area (Å²) >= 11 is 0. The molecule has 0 aliphatic carbocycles. The van der Waals surface area contributed by atoms with Crippen LogP contribution in [0.2, 0.25) is 0 Å². The van der Waals surface area contributed by atoms with Crippen molar-refractivity contribution in [1.82, 2.24) is 0 Å². The number of aliphatic hydroxyl groups excluding tert-OH is 1. The molecule has 0 bridgehead atoms. The number of benzene rings is 1. The highest BCUT2D eigenvalue weighted by Gasteiger charge is 2.16. The van der Waals surface area contributed by atoms with Gasteiger partial charge in [0.05, 0.1) is 7.11 Å². The van der Waals surface area contributed by atoms with E-state index in [0.717, 1.165) is 22.4 Å². The Morgan fingerprint density at radius 3 is 2.50 bits per heavy atom. The minimum Gasteiger partial charge on any atom is -0.496 e. The molecular weight excluding hydrogens is 208 g/mol. The molecule has 0 fully saturated rings. The third-order valence-electron chi connectivity index (χ3n) is 2.77. The minimum absolute atomic E-state index is 0.117. The maximum atomic E-state index is 10.5. The Morgan fingerprint density at radius 1 is 1.38 bits per heavy atom. The molecule has 0 aliphatic heterocycles. The van der Waals surface area contributed by atoms with Crippen LogP contribution in [0.5, 0.6) is 5.75 Å². The van der Waals surface area contributed by atoms with Gasteiger partial charge in [-0.2, -0.15) is 0 Å². The zero-order valence-corrected chi connectivity index (χ0v) is 9.65. The lowest BCUT2D eigenvalue weighted by Gasteiger charge is -2.13. The Kier molecular flexibility index (Phi) is 3.90. The van der Waals surface area contributed by atoms with E-state index in [4.69, 9.17) is 9.84 Å². The van der Waals surface area contributed by atoms with E-state index in [9.17, 15) is 9.90 Å². The summed E-state index contributed by atoms with van der Waals surface area (Å²) in [5.74, 6) is -0.432. The second-order valence-corrected chi connectivity index (χ2v) is 3.74. The summed E-state index contributed by atoms with van der Waals surface area (Å²) in [5.41, 5.74) is 2.76. The topological polar surface area (TPSA) is 66.8 Å². The third-order valence-corrected chi connectivity index (χ3v) is 2.77. The van der Waals surface area contributed by atoms with Crippen LogP contribution in [0.25, 0.3) is 0 Å². The summed E-state index contributed by atoms with van der Waals surface area (Å²) in [6, 6.07) is 3.57. The van der Waals surface area contributed by atoms with Gasteiger partial charge in [-0.05, 0) is 36.6 Å². The molecule has 4 nitrogen and oxygen atoms in total. The predicted octanol–water partition coefficient (Wildman–Crippen LogP) is 1.30. The fourth-order valence-corrected chi connectivity index (χ4v) is 1.59. The molecule has 1 aromatic rings. The van der Waals surface area contributed by atoms with Crippen LogP contribution >= 0.6 is 0 Å². The fraction of sp³-hybridized carbons (Fsp3) is 0.417. The number of aliphatic hydroxyl groups is 1. The molecule has 0 spiro atoms. The first-order valence-corrected chi connectivity index (χ1v) is 5.01. The van der Waals surface area contributed by atoms with Crippen LogP contribution in [0.15, 0.2) is 12.1 Å². The van der Waals surface area contributed by atoms with E-state index in [1.165, 1.54) is 0 Å². The van der Waals surface area contributed by atoms with E-state index in [0.29, 0.717) is 0 Å². The van der Waals surface area contributed by atoms with Crippen molar-refractivity contribution in [2.45, 2.75) is 26.4 Å². The van der Waals surface area contributed by atoms with E-state index in [2.05, 4.69) is 0 Å². The molecular formula is C12H16O4. The van der Waals surface area contributed by atoms with Crippen molar-refractivity contribution in [2.75, 3.05) is 7.11 Å². The van der Waals surface area contributed by atoms with Crippen LogP contribution in [-0.2, 0) is 11.2 Å². The molecule has 1 atom stereocenters. The SMILES string of the molecule is COc1ccc(CC(O)C(=O)O)c(C)c1C. The number of rotatable bonds is 4. The fourth-order valence-electron chi connectivity index (χ4n) is 1.59. The first-order chi connectivity index (χ1) is 7.47. The van der Waals surface area contributed by atoms with Crippen LogP contribution in [0, 0.1) is 13.8 Å². The highest BCUT2D eigenvalue weighted by Crippen LogP contribution is 2.24. The normalized spacial score (nSPS) is 12.2. The van der Waals surface area contributed by atoms with Gasteiger partial charge in [-0.15, -0.1) is 0 Å². The number of methoxy groups -OCH3 is 1. The second-order valence-electron chi connectivity index (χ2n) is 3.74. The molecule has 16 heavy (non-hydrogen) atoms. The second kappa shape index (κ2) is 4.99. The Bertz CT molecular complexity index is 398. The van der Waals surface area contributed by atoms with E-state index >= 15 is 0 Å². The maximum absolute atomic E-state index is 10.5. The molecule has 1 aromatic carbocycles. The van der Waals surface area contributed by atoms with Crippen LogP contribution in [0.4, 0.5) is 0 Å². The molecule has 88 valence electrons. The first kappa shape index (κ1) is 12.5. The lowest BCUT2D eigenvalue weighted by atomic mass is 9.98. The molecule has 0 aliphatic rings. The summed E-state index contributed by atoms with van der Waals surface area (Å²) in [5, 5.41) is 17.9. The van der Waals surface area contributed by atoms with Gasteiger partial charge in [0.15, 0.2) is 6.10 Å². The van der Waals surface area contributed by atoms with Crippen LogP contribution in [-0.4, -0.2) is 29.4 Å². The molecule has 1 rings (SSSR count). The van der Waals surface area contributed by atoms with Crippen molar-refractivity contribution in [1.29, 1.82) is 0 Å². The number of hydrogen-bond donors (Lipinski definition) is 2. The number of carbonyl (C=O) groups is 1. The zero-order valence-electron chi connectivity index (χ0n) is 9.65. The van der Waals surface area contributed by atoms with Crippen molar-refractivity contribution in [3.05, 3.63) is 28.8 Å². The lowest BCUT2D eigenvalue weighted by Crippen LogP contribution is -2.22. The van der Waals surface area contributed by atoms with Crippen molar-refractivity contribution >= 4 is 5.97 Å². The van der Waals surface area contributed by atoms with E-state index in [1.54, 1.807) is 19.2 Å². The molecule has 2 N–H and O–H groups in total. The Hall–Kier alpha value is -1.55. The largest absolute Gasteiger partial charge is 0.496 e. The van der Waals surface area contributed by atoms with Gasteiger partial charge in [-0.1, -0.05) is 6.07 Å². The van der Waals surface area contributed by atoms with Crippen molar-refractivity contribution in [3.8, 4) is 5.75 Å². The zero-order chi connectivity index (χ0) is 12.3. The van der Waals surface area contributed by atoms with Crippen LogP contribution in [0.1, 0.15) is 16.7 Å². The van der Waals surface area contributed by atoms with E-state index < -0.39 is 12.1 Å². The van der Waals surface area contributed by atoms with Gasteiger partial charge in [0, 0.05) is 6.42 Å². The number of carboxylic acids is 1. The molecule has 0 saturated carbocycles. The first-order valence-electron chi connectivity index (χ1n) is 5.01. The summed E-state index contributed by atoms with van der Waals surface area (Å²) in [4.78, 5) is 10.5. The highest BCUT2D eigenvalue weighted by molar-refractivity contribution is 5.72. The maximum Gasteiger partial charge on any atom is 0.332 e. The predicted molar refractivity (Wildman–Crippen MR) is 59.8 cm³/mol. The van der Waals surface area contributed by atoms with Crippen molar-refractivity contribution in [2.24, 2.45) is 0 Å². The van der Waals surface area contributed by atoms with Gasteiger partial charge in [-0.3, -0.25) is 0 Å². The number of ether oxygens (including phenoxy) is 1. The van der Waals surface area contributed by atoms with Gasteiger partial charge in [0.2, 0.25) is 0 Å². The lowest BCUT2D eigenvalue weighted by molar-refractivity contribution is -0.146. The highest BCUT2D eigenvalue weighted by atomic mass is 16.5. The van der Waals surface area contributed by atoms with Gasteiger partial charge < -0.3 is 14.9 Å². The Balaban J connectivity index is 2.99. The Labute approximate surface area is 94.5 Å². The van der Waals surface area contributed by atoms with Gasteiger partial charge >= 0.3 is 5.97 Å². The van der Waals surface area contributed by atoms with Gasteiger partial charge in [0.1, 0.15) is 5.75 Å². The van der Waals surface area contributed by atoms with E-state index in [-0.39, 0.29) is 6.42 Å². The number of hydrogen-bond acceptors (Lipinski definition) is 3. The summed E-state index contributed by atoms with van der Waals surface area (Å²) in [6.45, 7) is 3.80. The quantitative estimate of drug-likeness (QED) is 0.809. The van der Waals surface area contributed by atoms with Gasteiger partial charge in [0.25, 0.3) is 0 Å². The monoisotopic (exact) mass is 224 g/mol. The van der Waals surface area contributed by atoms with E-state index in [1.807, 2.05) is 13.8 Å². The van der Waals surface area contributed by atoms with Crippen LogP contribution in [0.3, 0.4) is 0 Å². The average molecular weight is 224 g/mol. The third kappa shape index (κ3) is 2.52. The molecule has 4 heteroatoms. The summed E-state index contributed by atoms with van der Waals surface area (Å²) in [7, 11) is 1.59. The van der Waals surface area contributed by atoms with Gasteiger partial charge in [-0.25, -0.2) is 4.79 Å². The standard InChI is InChI=1S/C12H16O4/c1-7-8(2)11(16-3)5-4-9(7)6-10(13)12(14)15/h4-5,10,13H,6H2,1-3H3,(H,14,15).